The Bertz CT molecular complexity index is 457. The van der Waals surface area contributed by atoms with E-state index in [0.29, 0.717) is 23.8 Å². The highest BCUT2D eigenvalue weighted by Gasteiger charge is 2.20. The molecule has 3 N–H and O–H groups in total. The first-order valence-electron chi connectivity index (χ1n) is 7.58. The first kappa shape index (κ1) is 21.0. The summed E-state index contributed by atoms with van der Waals surface area (Å²) in [5.74, 6) is -0.0395. The third-order valence-electron chi connectivity index (χ3n) is 4.05. The number of benzene rings is 1. The zero-order chi connectivity index (χ0) is 14.4. The van der Waals surface area contributed by atoms with Gasteiger partial charge in [-0.1, -0.05) is 19.4 Å². The summed E-state index contributed by atoms with van der Waals surface area (Å²) in [7, 11) is 0. The molecule has 6 heteroatoms. The fourth-order valence-corrected chi connectivity index (χ4v) is 2.91. The van der Waals surface area contributed by atoms with Crippen molar-refractivity contribution < 1.29 is 4.79 Å². The molecular formula is C16H27Cl2N3O. The van der Waals surface area contributed by atoms with Crippen molar-refractivity contribution in [2.45, 2.75) is 38.6 Å². The van der Waals surface area contributed by atoms with E-state index in [2.05, 4.69) is 17.1 Å². The summed E-state index contributed by atoms with van der Waals surface area (Å²) >= 11 is 0. The first-order chi connectivity index (χ1) is 9.70. The first-order valence-corrected chi connectivity index (χ1v) is 7.58. The minimum Gasteiger partial charge on any atom is -0.399 e. The van der Waals surface area contributed by atoms with E-state index in [-0.39, 0.29) is 30.7 Å². The average Bonchev–Trinajstić information content (AvgIpc) is 2.47. The van der Waals surface area contributed by atoms with E-state index >= 15 is 0 Å². The number of hydrogen-bond acceptors (Lipinski definition) is 3. The number of likely N-dealkylation sites (tertiary alicyclic amines) is 1. The van der Waals surface area contributed by atoms with Gasteiger partial charge in [0.05, 0.1) is 0 Å². The van der Waals surface area contributed by atoms with Crippen molar-refractivity contribution in [3.8, 4) is 0 Å². The van der Waals surface area contributed by atoms with Gasteiger partial charge in [-0.3, -0.25) is 9.69 Å². The molecule has 1 atom stereocenters. The van der Waals surface area contributed by atoms with Gasteiger partial charge in [-0.05, 0) is 44.0 Å². The van der Waals surface area contributed by atoms with Crippen LogP contribution in [-0.4, -0.2) is 36.5 Å². The molecule has 0 aliphatic carbocycles. The van der Waals surface area contributed by atoms with Crippen molar-refractivity contribution in [3.05, 3.63) is 29.8 Å². The summed E-state index contributed by atoms with van der Waals surface area (Å²) in [6.07, 6.45) is 5.10. The van der Waals surface area contributed by atoms with Crippen molar-refractivity contribution in [1.82, 2.24) is 10.2 Å². The van der Waals surface area contributed by atoms with Crippen LogP contribution in [0.4, 0.5) is 5.69 Å². The Morgan fingerprint density at radius 2 is 2.14 bits per heavy atom. The lowest BCUT2D eigenvalue weighted by Crippen LogP contribution is -2.43. The second-order valence-electron chi connectivity index (χ2n) is 5.48. The third-order valence-corrected chi connectivity index (χ3v) is 4.05. The van der Waals surface area contributed by atoms with Crippen LogP contribution in [-0.2, 0) is 0 Å². The maximum atomic E-state index is 12.0. The van der Waals surface area contributed by atoms with E-state index < -0.39 is 0 Å². The fraction of sp³-hybridized carbons (Fsp3) is 0.562. The monoisotopic (exact) mass is 347 g/mol. The number of nitrogen functional groups attached to an aromatic ring is 1. The van der Waals surface area contributed by atoms with Gasteiger partial charge in [-0.15, -0.1) is 24.8 Å². The van der Waals surface area contributed by atoms with Gasteiger partial charge >= 0.3 is 0 Å². The predicted octanol–water partition coefficient (Wildman–Crippen LogP) is 3.11. The number of anilines is 1. The molecule has 0 spiro atoms. The molecule has 1 aliphatic heterocycles. The highest BCUT2D eigenvalue weighted by Crippen LogP contribution is 2.18. The van der Waals surface area contributed by atoms with Crippen LogP contribution < -0.4 is 11.1 Å². The molecule has 22 heavy (non-hydrogen) atoms. The summed E-state index contributed by atoms with van der Waals surface area (Å²) in [6, 6.07) is 7.79. The lowest BCUT2D eigenvalue weighted by molar-refractivity contribution is 0.0934. The predicted molar refractivity (Wildman–Crippen MR) is 97.2 cm³/mol. The minimum atomic E-state index is -0.0395. The normalized spacial score (nSPS) is 18.0. The van der Waals surface area contributed by atoms with E-state index in [4.69, 9.17) is 5.73 Å². The van der Waals surface area contributed by atoms with Crippen LogP contribution in [0.1, 0.15) is 43.0 Å². The standard InChI is InChI=1S/C16H25N3O.2ClH/c1-2-15-8-3-4-10-19(15)11-9-18-16(20)13-6-5-7-14(17)12-13;;/h5-7,12,15H,2-4,8-11,17H2,1H3,(H,18,20);2*1H. The van der Waals surface area contributed by atoms with Crippen molar-refractivity contribution in [3.63, 3.8) is 0 Å². The van der Waals surface area contributed by atoms with Gasteiger partial charge in [0, 0.05) is 30.4 Å². The van der Waals surface area contributed by atoms with E-state index in [1.807, 2.05) is 6.07 Å². The summed E-state index contributed by atoms with van der Waals surface area (Å²) in [5.41, 5.74) is 6.95. The van der Waals surface area contributed by atoms with Gasteiger partial charge in [0.25, 0.3) is 5.91 Å². The quantitative estimate of drug-likeness (QED) is 0.804. The van der Waals surface area contributed by atoms with E-state index in [9.17, 15) is 4.79 Å². The molecule has 1 unspecified atom stereocenters. The number of amides is 1. The number of carbonyl (C=O) groups excluding carboxylic acids is 1. The second kappa shape index (κ2) is 10.7. The molecule has 1 amide bonds. The van der Waals surface area contributed by atoms with Gasteiger partial charge in [0.1, 0.15) is 0 Å². The van der Waals surface area contributed by atoms with E-state index in [1.165, 1.54) is 25.7 Å². The summed E-state index contributed by atoms with van der Waals surface area (Å²) in [4.78, 5) is 14.5. The van der Waals surface area contributed by atoms with Crippen LogP contribution in [0.15, 0.2) is 24.3 Å². The second-order valence-corrected chi connectivity index (χ2v) is 5.48. The number of rotatable bonds is 5. The molecule has 0 radical (unpaired) electrons. The summed E-state index contributed by atoms with van der Waals surface area (Å²) < 4.78 is 0. The zero-order valence-corrected chi connectivity index (χ0v) is 14.7. The minimum absolute atomic E-state index is 0. The van der Waals surface area contributed by atoms with Crippen LogP contribution in [0.2, 0.25) is 0 Å². The number of carbonyl (C=O) groups is 1. The van der Waals surface area contributed by atoms with Gasteiger partial charge in [-0.25, -0.2) is 0 Å². The molecule has 1 saturated heterocycles. The van der Waals surface area contributed by atoms with E-state index in [1.54, 1.807) is 18.2 Å². The Kier molecular flexibility index (Phi) is 10.2. The Labute approximate surface area is 145 Å². The summed E-state index contributed by atoms with van der Waals surface area (Å²) in [5, 5.41) is 2.98. The SMILES string of the molecule is CCC1CCCCN1CCNC(=O)c1cccc(N)c1.Cl.Cl. The van der Waals surface area contributed by atoms with Crippen LogP contribution >= 0.6 is 24.8 Å². The number of hydrogen-bond donors (Lipinski definition) is 2. The molecule has 0 bridgehead atoms. The largest absolute Gasteiger partial charge is 0.399 e. The molecule has 0 aromatic heterocycles. The lowest BCUT2D eigenvalue weighted by atomic mass is 10.0. The average molecular weight is 348 g/mol. The molecule has 1 heterocycles. The molecule has 1 aromatic carbocycles. The molecule has 1 fully saturated rings. The molecule has 1 aliphatic rings. The van der Waals surface area contributed by atoms with Gasteiger partial charge in [-0.2, -0.15) is 0 Å². The van der Waals surface area contributed by atoms with E-state index in [0.717, 1.165) is 13.1 Å². The highest BCUT2D eigenvalue weighted by molar-refractivity contribution is 5.94. The Hall–Kier alpha value is -0.970. The lowest BCUT2D eigenvalue weighted by Gasteiger charge is -2.35. The Morgan fingerprint density at radius 1 is 1.36 bits per heavy atom. The van der Waals surface area contributed by atoms with Crippen molar-refractivity contribution in [2.24, 2.45) is 0 Å². The highest BCUT2D eigenvalue weighted by atomic mass is 35.5. The van der Waals surface area contributed by atoms with Crippen molar-refractivity contribution >= 4 is 36.4 Å². The molecular weight excluding hydrogens is 321 g/mol. The van der Waals surface area contributed by atoms with Crippen molar-refractivity contribution in [2.75, 3.05) is 25.4 Å². The topological polar surface area (TPSA) is 58.4 Å². The molecule has 126 valence electrons. The van der Waals surface area contributed by atoms with Crippen molar-refractivity contribution in [1.29, 1.82) is 0 Å². The third kappa shape index (κ3) is 6.03. The van der Waals surface area contributed by atoms with Crippen LogP contribution in [0.3, 0.4) is 0 Å². The summed E-state index contributed by atoms with van der Waals surface area (Å²) in [6.45, 7) is 5.04. The van der Waals surface area contributed by atoms with Crippen LogP contribution in [0.25, 0.3) is 0 Å². The number of nitrogens with one attached hydrogen (secondary N) is 1. The van der Waals surface area contributed by atoms with Crippen LogP contribution in [0, 0.1) is 0 Å². The van der Waals surface area contributed by atoms with Gasteiger partial charge < -0.3 is 11.1 Å². The number of nitrogens with two attached hydrogens (primary N) is 1. The Morgan fingerprint density at radius 3 is 2.82 bits per heavy atom. The zero-order valence-electron chi connectivity index (χ0n) is 13.1. The maximum Gasteiger partial charge on any atom is 0.251 e. The molecule has 1 aromatic rings. The van der Waals surface area contributed by atoms with Gasteiger partial charge in [0.15, 0.2) is 0 Å². The number of piperidine rings is 1. The van der Waals surface area contributed by atoms with Crippen LogP contribution in [0.5, 0.6) is 0 Å². The molecule has 2 rings (SSSR count). The molecule has 0 saturated carbocycles. The van der Waals surface area contributed by atoms with Gasteiger partial charge in [0.2, 0.25) is 0 Å². The Balaban J connectivity index is 0.00000220. The number of halogens is 2. The molecule has 4 nitrogen and oxygen atoms in total. The fourth-order valence-electron chi connectivity index (χ4n) is 2.91. The smallest absolute Gasteiger partial charge is 0.251 e. The number of nitrogens with zero attached hydrogens (tertiary/aromatic N) is 1. The maximum absolute atomic E-state index is 12.0.